The fourth-order valence-electron chi connectivity index (χ4n) is 4.24. The number of benzene rings is 3. The van der Waals surface area contributed by atoms with E-state index in [0.29, 0.717) is 0 Å². The van der Waals surface area contributed by atoms with E-state index in [0.717, 1.165) is 16.8 Å². The molecule has 10 nitrogen and oxygen atoms in total. The smallest absolute Gasteiger partial charge is 0.343 e. The van der Waals surface area contributed by atoms with Gasteiger partial charge in [0.05, 0.1) is 16.4 Å². The second-order valence-corrected chi connectivity index (χ2v) is 8.89. The third-order valence-corrected chi connectivity index (χ3v) is 6.21. The van der Waals surface area contributed by atoms with Crippen LogP contribution in [0.5, 0.6) is 5.75 Å². The summed E-state index contributed by atoms with van der Waals surface area (Å²) in [6.45, 7) is 3.50. The molecule has 1 atom stereocenters. The Balaban J connectivity index is 1.30. The van der Waals surface area contributed by atoms with Gasteiger partial charge in [-0.15, -0.1) is 0 Å². The van der Waals surface area contributed by atoms with Gasteiger partial charge in [-0.3, -0.25) is 24.5 Å². The highest BCUT2D eigenvalue weighted by Gasteiger charge is 2.37. The Hall–Kier alpha value is -4.86. The van der Waals surface area contributed by atoms with Crippen LogP contribution in [-0.2, 0) is 14.3 Å². The van der Waals surface area contributed by atoms with Crippen molar-refractivity contribution in [3.63, 3.8) is 0 Å². The van der Waals surface area contributed by atoms with Crippen molar-refractivity contribution in [2.24, 2.45) is 5.92 Å². The molecule has 194 valence electrons. The minimum absolute atomic E-state index is 0.00955. The Kier molecular flexibility index (Phi) is 7.61. The number of hydrogen-bond donors (Lipinski definition) is 0. The van der Waals surface area contributed by atoms with Crippen molar-refractivity contribution in [3.8, 4) is 5.75 Å². The maximum Gasteiger partial charge on any atom is 0.343 e. The summed E-state index contributed by atoms with van der Waals surface area (Å²) in [4.78, 5) is 61.7. The van der Waals surface area contributed by atoms with Crippen LogP contribution in [0.2, 0.25) is 0 Å². The molecule has 0 bridgehead atoms. The molecule has 38 heavy (non-hydrogen) atoms. The number of nitro groups is 1. The monoisotopic (exact) mass is 516 g/mol. The van der Waals surface area contributed by atoms with Gasteiger partial charge in [0.1, 0.15) is 5.75 Å². The van der Waals surface area contributed by atoms with Crippen LogP contribution >= 0.6 is 0 Å². The normalized spacial score (nSPS) is 14.7. The predicted octanol–water partition coefficient (Wildman–Crippen LogP) is 4.21. The summed E-state index contributed by atoms with van der Waals surface area (Å²) in [5.74, 6) is -2.46. The Morgan fingerprint density at radius 1 is 0.947 bits per heavy atom. The van der Waals surface area contributed by atoms with E-state index in [-0.39, 0.29) is 41.4 Å². The lowest BCUT2D eigenvalue weighted by atomic mass is 10.1. The third-order valence-electron chi connectivity index (χ3n) is 6.21. The van der Waals surface area contributed by atoms with Gasteiger partial charge in [0.15, 0.2) is 12.4 Å². The molecule has 1 heterocycles. The third kappa shape index (κ3) is 5.75. The Labute approximate surface area is 217 Å². The summed E-state index contributed by atoms with van der Waals surface area (Å²) in [7, 11) is 0. The second-order valence-electron chi connectivity index (χ2n) is 8.89. The first-order valence-electron chi connectivity index (χ1n) is 11.8. The highest BCUT2D eigenvalue weighted by atomic mass is 16.6. The molecule has 0 unspecified atom stereocenters. The van der Waals surface area contributed by atoms with Crippen molar-refractivity contribution in [1.82, 2.24) is 0 Å². The van der Waals surface area contributed by atoms with Crippen molar-refractivity contribution in [1.29, 1.82) is 0 Å². The van der Waals surface area contributed by atoms with Crippen LogP contribution in [0.25, 0.3) is 0 Å². The molecular formula is C28H24N2O8. The van der Waals surface area contributed by atoms with Gasteiger partial charge in [0.2, 0.25) is 5.91 Å². The fraction of sp³-hybridized carbons (Fsp3) is 0.214. The molecule has 10 heteroatoms. The quantitative estimate of drug-likeness (QED) is 0.143. The number of esters is 2. The Morgan fingerprint density at radius 2 is 1.55 bits per heavy atom. The molecule has 4 rings (SSSR count). The number of ether oxygens (including phenoxy) is 2. The van der Waals surface area contributed by atoms with E-state index in [1.54, 1.807) is 4.90 Å². The standard InChI is InChI=1S/C28H24N2O8/c1-17-4-3-5-18(2)26(17)29-15-21(14-25(29)32)27(33)37-16-24(31)19-8-12-23(13-9-19)38-28(34)20-6-10-22(11-7-20)30(35)36/h3-13,21H,14-16H2,1-2H3/t21-/m0/s1. The molecule has 0 spiro atoms. The van der Waals surface area contributed by atoms with Gasteiger partial charge in [0.25, 0.3) is 5.69 Å². The maximum absolute atomic E-state index is 12.6. The predicted molar refractivity (Wildman–Crippen MR) is 136 cm³/mol. The first-order valence-corrected chi connectivity index (χ1v) is 11.8. The number of ketones is 1. The lowest BCUT2D eigenvalue weighted by Gasteiger charge is -2.21. The summed E-state index contributed by atoms with van der Waals surface area (Å²) < 4.78 is 10.4. The number of anilines is 1. The van der Waals surface area contributed by atoms with Crippen molar-refractivity contribution >= 4 is 35.0 Å². The molecule has 0 radical (unpaired) electrons. The second kappa shape index (κ2) is 11.0. The van der Waals surface area contributed by atoms with Crippen molar-refractivity contribution < 1.29 is 33.6 Å². The maximum atomic E-state index is 12.6. The summed E-state index contributed by atoms with van der Waals surface area (Å²) in [6.07, 6.45) is 0.00955. The number of para-hydroxylation sites is 1. The number of hydrogen-bond acceptors (Lipinski definition) is 8. The minimum atomic E-state index is -0.714. The van der Waals surface area contributed by atoms with Crippen LogP contribution in [0.4, 0.5) is 11.4 Å². The number of rotatable bonds is 8. The summed E-state index contributed by atoms with van der Waals surface area (Å²) >= 11 is 0. The topological polar surface area (TPSA) is 133 Å². The highest BCUT2D eigenvalue weighted by Crippen LogP contribution is 2.31. The van der Waals surface area contributed by atoms with Crippen LogP contribution in [0.3, 0.4) is 0 Å². The molecule has 0 N–H and O–H groups in total. The summed E-state index contributed by atoms with van der Waals surface area (Å²) in [5, 5.41) is 10.7. The molecule has 1 saturated heterocycles. The van der Waals surface area contributed by atoms with Crippen molar-refractivity contribution in [2.75, 3.05) is 18.1 Å². The van der Waals surface area contributed by atoms with Gasteiger partial charge in [0, 0.05) is 36.3 Å². The minimum Gasteiger partial charge on any atom is -0.457 e. The zero-order valence-electron chi connectivity index (χ0n) is 20.7. The van der Waals surface area contributed by atoms with E-state index in [4.69, 9.17) is 9.47 Å². The number of Topliss-reactive ketones (excluding diaryl/α,β-unsaturated/α-hetero) is 1. The zero-order valence-corrected chi connectivity index (χ0v) is 20.7. The number of nitro benzene ring substituents is 1. The van der Waals surface area contributed by atoms with Gasteiger partial charge in [-0.2, -0.15) is 0 Å². The molecular weight excluding hydrogens is 492 g/mol. The van der Waals surface area contributed by atoms with Crippen LogP contribution in [-0.4, -0.2) is 41.7 Å². The van der Waals surface area contributed by atoms with E-state index in [2.05, 4.69) is 0 Å². The largest absolute Gasteiger partial charge is 0.457 e. The average Bonchev–Trinajstić information content (AvgIpc) is 3.28. The fourth-order valence-corrected chi connectivity index (χ4v) is 4.24. The number of nitrogens with zero attached hydrogens (tertiary/aromatic N) is 2. The van der Waals surface area contributed by atoms with E-state index in [9.17, 15) is 29.3 Å². The first-order chi connectivity index (χ1) is 18.1. The van der Waals surface area contributed by atoms with Crippen molar-refractivity contribution in [3.05, 3.63) is 99.1 Å². The van der Waals surface area contributed by atoms with Crippen LogP contribution in [0.15, 0.2) is 66.7 Å². The van der Waals surface area contributed by atoms with Crippen LogP contribution in [0, 0.1) is 29.9 Å². The molecule has 1 fully saturated rings. The summed E-state index contributed by atoms with van der Waals surface area (Å²) in [5.41, 5.74) is 2.88. The van der Waals surface area contributed by atoms with Gasteiger partial charge < -0.3 is 14.4 Å². The molecule has 0 aromatic heterocycles. The lowest BCUT2D eigenvalue weighted by molar-refractivity contribution is -0.384. The average molecular weight is 517 g/mol. The number of carbonyl (C=O) groups is 4. The molecule has 0 saturated carbocycles. The molecule has 0 aliphatic carbocycles. The molecule has 3 aromatic rings. The SMILES string of the molecule is Cc1cccc(C)c1N1C[C@@H](C(=O)OCC(=O)c2ccc(OC(=O)c3ccc([N+](=O)[O-])cc3)cc2)CC1=O. The van der Waals surface area contributed by atoms with E-state index >= 15 is 0 Å². The number of non-ortho nitro benzene ring substituents is 1. The number of carbonyl (C=O) groups excluding carboxylic acids is 4. The Morgan fingerprint density at radius 3 is 2.16 bits per heavy atom. The molecule has 3 aromatic carbocycles. The molecule has 1 aliphatic heterocycles. The van der Waals surface area contributed by atoms with Crippen molar-refractivity contribution in [2.45, 2.75) is 20.3 Å². The highest BCUT2D eigenvalue weighted by molar-refractivity contribution is 6.02. The number of aryl methyl sites for hydroxylation is 2. The first kappa shape index (κ1) is 26.2. The Bertz CT molecular complexity index is 1390. The number of amides is 1. The lowest BCUT2D eigenvalue weighted by Crippen LogP contribution is -2.28. The van der Waals surface area contributed by atoms with Crippen LogP contribution in [0.1, 0.15) is 38.3 Å². The van der Waals surface area contributed by atoms with Crippen LogP contribution < -0.4 is 9.64 Å². The van der Waals surface area contributed by atoms with Gasteiger partial charge in [-0.05, 0) is 61.4 Å². The van der Waals surface area contributed by atoms with E-state index < -0.39 is 35.2 Å². The van der Waals surface area contributed by atoms with Gasteiger partial charge >= 0.3 is 11.9 Å². The van der Waals surface area contributed by atoms with Gasteiger partial charge in [-0.25, -0.2) is 4.79 Å². The van der Waals surface area contributed by atoms with Gasteiger partial charge in [-0.1, -0.05) is 18.2 Å². The zero-order chi connectivity index (χ0) is 27.4. The molecule has 1 amide bonds. The summed E-state index contributed by atoms with van der Waals surface area (Å²) in [6, 6.07) is 16.4. The van der Waals surface area contributed by atoms with E-state index in [1.807, 2.05) is 32.0 Å². The molecule has 1 aliphatic rings. The van der Waals surface area contributed by atoms with E-state index in [1.165, 1.54) is 48.5 Å².